The first kappa shape index (κ1) is 10.7. The van der Waals surface area contributed by atoms with Gasteiger partial charge in [0, 0.05) is 5.70 Å². The van der Waals surface area contributed by atoms with E-state index in [2.05, 4.69) is 16.4 Å². The summed E-state index contributed by atoms with van der Waals surface area (Å²) in [6.45, 7) is 5.31. The Morgan fingerprint density at radius 3 is 2.75 bits per heavy atom. The zero-order valence-electron chi connectivity index (χ0n) is 7.41. The van der Waals surface area contributed by atoms with Gasteiger partial charge in [0.25, 0.3) is 0 Å². The number of aliphatic imine (C=N–C) groups is 1. The minimum absolute atomic E-state index is 0.307. The third-order valence-corrected chi connectivity index (χ3v) is 1.29. The predicted octanol–water partition coefficient (Wildman–Crippen LogP) is 0.339. The van der Waals surface area contributed by atoms with Gasteiger partial charge < -0.3 is 10.5 Å². The molecule has 4 heteroatoms. The van der Waals surface area contributed by atoms with Crippen LogP contribution in [0.1, 0.15) is 6.92 Å². The van der Waals surface area contributed by atoms with Gasteiger partial charge in [-0.2, -0.15) is 0 Å². The predicted molar refractivity (Wildman–Crippen MR) is 47.9 cm³/mol. The lowest BCUT2D eigenvalue weighted by Crippen LogP contribution is -2.18. The highest BCUT2D eigenvalue weighted by atomic mass is 16.5. The van der Waals surface area contributed by atoms with Gasteiger partial charge in [-0.25, -0.2) is 0 Å². The number of rotatable bonds is 4. The number of nitrogens with two attached hydrogens (primary N) is 1. The zero-order chi connectivity index (χ0) is 9.56. The summed E-state index contributed by atoms with van der Waals surface area (Å²) in [7, 11) is 1.33. The summed E-state index contributed by atoms with van der Waals surface area (Å²) < 4.78 is 4.54. The summed E-state index contributed by atoms with van der Waals surface area (Å²) in [5, 5.41) is 0. The summed E-state index contributed by atoms with van der Waals surface area (Å²) >= 11 is 0. The molecule has 12 heavy (non-hydrogen) atoms. The van der Waals surface area contributed by atoms with Crippen LogP contribution >= 0.6 is 0 Å². The van der Waals surface area contributed by atoms with E-state index < -0.39 is 5.92 Å². The monoisotopic (exact) mass is 170 g/mol. The molecule has 68 valence electrons. The SMILES string of the molecule is C=NCC(/C=C(\C)N)C(=O)OC. The van der Waals surface area contributed by atoms with Crippen LogP contribution in [0, 0.1) is 5.92 Å². The smallest absolute Gasteiger partial charge is 0.314 e. The van der Waals surface area contributed by atoms with E-state index in [-0.39, 0.29) is 5.97 Å². The van der Waals surface area contributed by atoms with E-state index in [9.17, 15) is 4.79 Å². The minimum atomic E-state index is -0.405. The number of allylic oxidation sites excluding steroid dienone is 1. The molecule has 0 saturated heterocycles. The van der Waals surface area contributed by atoms with Gasteiger partial charge in [-0.15, -0.1) is 0 Å². The molecular weight excluding hydrogens is 156 g/mol. The van der Waals surface area contributed by atoms with Crippen LogP contribution in [-0.4, -0.2) is 26.3 Å². The summed E-state index contributed by atoms with van der Waals surface area (Å²) in [5.74, 6) is -0.746. The molecule has 0 aliphatic heterocycles. The maximum absolute atomic E-state index is 11.0. The Balaban J connectivity index is 4.32. The molecule has 0 aromatic rings. The van der Waals surface area contributed by atoms with E-state index in [4.69, 9.17) is 5.73 Å². The van der Waals surface area contributed by atoms with E-state index in [1.165, 1.54) is 7.11 Å². The first-order valence-electron chi connectivity index (χ1n) is 3.56. The van der Waals surface area contributed by atoms with Gasteiger partial charge in [0.2, 0.25) is 0 Å². The number of hydrogen-bond donors (Lipinski definition) is 1. The van der Waals surface area contributed by atoms with Crippen molar-refractivity contribution in [1.82, 2.24) is 0 Å². The molecule has 1 atom stereocenters. The zero-order valence-corrected chi connectivity index (χ0v) is 7.41. The molecule has 0 saturated carbocycles. The van der Waals surface area contributed by atoms with Crippen LogP contribution in [0.15, 0.2) is 16.8 Å². The fraction of sp³-hybridized carbons (Fsp3) is 0.500. The Hall–Kier alpha value is -1.32. The summed E-state index contributed by atoms with van der Waals surface area (Å²) in [4.78, 5) is 14.6. The van der Waals surface area contributed by atoms with Crippen LogP contribution < -0.4 is 5.73 Å². The quantitative estimate of drug-likeness (QED) is 0.488. The van der Waals surface area contributed by atoms with Crippen molar-refractivity contribution in [3.05, 3.63) is 11.8 Å². The van der Waals surface area contributed by atoms with Crippen LogP contribution in [-0.2, 0) is 9.53 Å². The van der Waals surface area contributed by atoms with Gasteiger partial charge in [0.15, 0.2) is 0 Å². The van der Waals surface area contributed by atoms with Crippen molar-refractivity contribution in [2.24, 2.45) is 16.6 Å². The van der Waals surface area contributed by atoms with Gasteiger partial charge in [-0.05, 0) is 13.6 Å². The molecule has 0 spiro atoms. The van der Waals surface area contributed by atoms with Crippen molar-refractivity contribution in [3.8, 4) is 0 Å². The largest absolute Gasteiger partial charge is 0.469 e. The van der Waals surface area contributed by atoms with Gasteiger partial charge in [-0.3, -0.25) is 9.79 Å². The Bertz CT molecular complexity index is 195. The number of ether oxygens (including phenoxy) is 1. The standard InChI is InChI=1S/C8H14N2O2/c1-6(9)4-7(5-10-2)8(11)12-3/h4,7H,2,5,9H2,1,3H3/b6-4+. The van der Waals surface area contributed by atoms with Gasteiger partial charge >= 0.3 is 5.97 Å². The Morgan fingerprint density at radius 2 is 2.42 bits per heavy atom. The summed E-state index contributed by atoms with van der Waals surface area (Å²) in [5.41, 5.74) is 5.99. The van der Waals surface area contributed by atoms with E-state index in [0.29, 0.717) is 12.2 Å². The minimum Gasteiger partial charge on any atom is -0.469 e. The first-order valence-corrected chi connectivity index (χ1v) is 3.56. The topological polar surface area (TPSA) is 64.7 Å². The molecule has 0 bridgehead atoms. The van der Waals surface area contributed by atoms with Crippen LogP contribution in [0.2, 0.25) is 0 Å². The molecular formula is C8H14N2O2. The third kappa shape index (κ3) is 3.75. The molecule has 0 aliphatic carbocycles. The van der Waals surface area contributed by atoms with Crippen LogP contribution in [0.4, 0.5) is 0 Å². The molecule has 0 amide bonds. The second-order valence-electron chi connectivity index (χ2n) is 2.45. The molecule has 1 unspecified atom stereocenters. The molecule has 0 heterocycles. The molecule has 0 rings (SSSR count). The van der Waals surface area contributed by atoms with Gasteiger partial charge in [0.05, 0.1) is 19.6 Å². The molecule has 0 fully saturated rings. The molecule has 2 N–H and O–H groups in total. The summed E-state index contributed by atoms with van der Waals surface area (Å²) in [6.07, 6.45) is 1.61. The first-order chi connectivity index (χ1) is 5.61. The molecule has 0 aromatic heterocycles. The van der Waals surface area contributed by atoms with Crippen molar-refractivity contribution in [2.45, 2.75) is 6.92 Å². The molecule has 4 nitrogen and oxygen atoms in total. The van der Waals surface area contributed by atoms with Crippen molar-refractivity contribution < 1.29 is 9.53 Å². The second-order valence-corrected chi connectivity index (χ2v) is 2.45. The van der Waals surface area contributed by atoms with E-state index >= 15 is 0 Å². The average Bonchev–Trinajstić information content (AvgIpc) is 2.01. The number of methoxy groups -OCH3 is 1. The number of esters is 1. The third-order valence-electron chi connectivity index (χ3n) is 1.29. The number of hydrogen-bond acceptors (Lipinski definition) is 4. The van der Waals surface area contributed by atoms with E-state index in [1.807, 2.05) is 0 Å². The summed E-state index contributed by atoms with van der Waals surface area (Å²) in [6, 6.07) is 0. The number of carbonyl (C=O) groups is 1. The van der Waals surface area contributed by atoms with Crippen molar-refractivity contribution >= 4 is 12.7 Å². The van der Waals surface area contributed by atoms with Gasteiger partial charge in [-0.1, -0.05) is 6.08 Å². The van der Waals surface area contributed by atoms with Crippen molar-refractivity contribution in [1.29, 1.82) is 0 Å². The van der Waals surface area contributed by atoms with Crippen LogP contribution in [0.5, 0.6) is 0 Å². The fourth-order valence-corrected chi connectivity index (χ4v) is 0.803. The number of nitrogens with zero attached hydrogens (tertiary/aromatic N) is 1. The highest BCUT2D eigenvalue weighted by Crippen LogP contribution is 2.03. The number of carbonyl (C=O) groups excluding carboxylic acids is 1. The Labute approximate surface area is 72.1 Å². The van der Waals surface area contributed by atoms with Gasteiger partial charge in [0.1, 0.15) is 0 Å². The molecule has 0 aliphatic rings. The maximum Gasteiger partial charge on any atom is 0.314 e. The lowest BCUT2D eigenvalue weighted by atomic mass is 10.1. The molecule has 0 radical (unpaired) electrons. The lowest BCUT2D eigenvalue weighted by Gasteiger charge is -2.07. The average molecular weight is 170 g/mol. The van der Waals surface area contributed by atoms with E-state index in [1.54, 1.807) is 13.0 Å². The highest BCUT2D eigenvalue weighted by molar-refractivity contribution is 5.74. The van der Waals surface area contributed by atoms with E-state index in [0.717, 1.165) is 0 Å². The van der Waals surface area contributed by atoms with Crippen LogP contribution in [0.25, 0.3) is 0 Å². The van der Waals surface area contributed by atoms with Crippen LogP contribution in [0.3, 0.4) is 0 Å². The maximum atomic E-state index is 11.0. The Kier molecular flexibility index (Phi) is 4.76. The molecule has 0 aromatic carbocycles. The highest BCUT2D eigenvalue weighted by Gasteiger charge is 2.14. The Morgan fingerprint density at radius 1 is 1.83 bits per heavy atom. The lowest BCUT2D eigenvalue weighted by molar-refractivity contribution is -0.143. The van der Waals surface area contributed by atoms with Crippen molar-refractivity contribution in [3.63, 3.8) is 0 Å². The van der Waals surface area contributed by atoms with Crippen molar-refractivity contribution in [2.75, 3.05) is 13.7 Å². The normalized spacial score (nSPS) is 13.7. The second kappa shape index (κ2) is 5.35. The fourth-order valence-electron chi connectivity index (χ4n) is 0.803.